The summed E-state index contributed by atoms with van der Waals surface area (Å²) in [6.07, 6.45) is 3.87. The fraction of sp³-hybridized carbons (Fsp3) is 0.333. The van der Waals surface area contributed by atoms with E-state index in [1.54, 1.807) is 0 Å². The second-order valence-corrected chi connectivity index (χ2v) is 6.50. The minimum Gasteiger partial charge on any atom is -0.309 e. The van der Waals surface area contributed by atoms with Gasteiger partial charge in [-0.15, -0.1) is 0 Å². The monoisotopic (exact) mass is 347 g/mol. The average molecular weight is 348 g/mol. The molecule has 1 N–H and O–H groups in total. The van der Waals surface area contributed by atoms with Gasteiger partial charge in [0.2, 0.25) is 0 Å². The van der Waals surface area contributed by atoms with Crippen molar-refractivity contribution in [3.05, 3.63) is 69.4 Å². The Morgan fingerprint density at radius 2 is 1.90 bits per heavy atom. The molecular weight excluding hydrogens is 329 g/mol. The summed E-state index contributed by atoms with van der Waals surface area (Å²) in [7, 11) is 1.96. The molecule has 2 aromatic carbocycles. The van der Waals surface area contributed by atoms with Gasteiger partial charge in [0.15, 0.2) is 0 Å². The largest absolute Gasteiger partial charge is 0.309 e. The van der Waals surface area contributed by atoms with Crippen LogP contribution < -0.4 is 5.32 Å². The lowest BCUT2D eigenvalue weighted by molar-refractivity contribution is 0.415. The summed E-state index contributed by atoms with van der Waals surface area (Å²) in [5.74, 6) is 0.462. The van der Waals surface area contributed by atoms with E-state index in [9.17, 15) is 4.39 Å². The SMILES string of the molecule is CNC(c1ccc(F)cc1Br)c1ccccc1C1CCC1. The minimum atomic E-state index is -0.215. The highest BCUT2D eigenvalue weighted by molar-refractivity contribution is 9.10. The topological polar surface area (TPSA) is 12.0 Å². The predicted octanol–water partition coefficient (Wildman–Crippen LogP) is 5.16. The van der Waals surface area contributed by atoms with Gasteiger partial charge >= 0.3 is 0 Å². The zero-order valence-corrected chi connectivity index (χ0v) is 13.7. The zero-order valence-electron chi connectivity index (χ0n) is 12.1. The normalized spacial score (nSPS) is 16.5. The number of benzene rings is 2. The van der Waals surface area contributed by atoms with Crippen molar-refractivity contribution in [1.29, 1.82) is 0 Å². The molecule has 0 bridgehead atoms. The maximum Gasteiger partial charge on any atom is 0.124 e. The fourth-order valence-corrected chi connectivity index (χ4v) is 3.66. The molecule has 0 aromatic heterocycles. The van der Waals surface area contributed by atoms with Gasteiger partial charge in [0.25, 0.3) is 0 Å². The lowest BCUT2D eigenvalue weighted by Crippen LogP contribution is -2.22. The molecule has 3 rings (SSSR count). The minimum absolute atomic E-state index is 0.0803. The Balaban J connectivity index is 2.03. The Morgan fingerprint density at radius 3 is 2.52 bits per heavy atom. The van der Waals surface area contributed by atoms with Crippen molar-refractivity contribution < 1.29 is 4.39 Å². The molecule has 0 aliphatic heterocycles. The lowest BCUT2D eigenvalue weighted by atomic mass is 9.76. The second kappa shape index (κ2) is 6.29. The Bertz CT molecular complexity index is 637. The van der Waals surface area contributed by atoms with E-state index in [1.807, 2.05) is 13.1 Å². The quantitative estimate of drug-likeness (QED) is 0.804. The van der Waals surface area contributed by atoms with Gasteiger partial charge < -0.3 is 5.32 Å². The third kappa shape index (κ3) is 2.90. The first-order valence-electron chi connectivity index (χ1n) is 7.41. The molecule has 21 heavy (non-hydrogen) atoms. The van der Waals surface area contributed by atoms with Crippen molar-refractivity contribution >= 4 is 15.9 Å². The molecule has 1 aliphatic carbocycles. The maximum atomic E-state index is 13.3. The second-order valence-electron chi connectivity index (χ2n) is 5.64. The van der Waals surface area contributed by atoms with Gasteiger partial charge in [0, 0.05) is 4.47 Å². The average Bonchev–Trinajstić information content (AvgIpc) is 2.41. The van der Waals surface area contributed by atoms with Gasteiger partial charge in [0.1, 0.15) is 5.82 Å². The van der Waals surface area contributed by atoms with E-state index in [0.29, 0.717) is 5.92 Å². The number of hydrogen-bond donors (Lipinski definition) is 1. The first kappa shape index (κ1) is 14.7. The standard InChI is InChI=1S/C18H19BrFN/c1-21-18(16-10-9-13(20)11-17(16)19)15-8-3-2-7-14(15)12-5-4-6-12/h2-3,7-12,18,21H,4-6H2,1H3. The molecule has 1 unspecified atom stereocenters. The van der Waals surface area contributed by atoms with Crippen molar-refractivity contribution in [3.63, 3.8) is 0 Å². The van der Waals surface area contributed by atoms with Gasteiger partial charge in [-0.1, -0.05) is 52.7 Å². The zero-order chi connectivity index (χ0) is 14.8. The molecule has 0 spiro atoms. The maximum absolute atomic E-state index is 13.3. The van der Waals surface area contributed by atoms with Crippen molar-refractivity contribution in [3.8, 4) is 0 Å². The van der Waals surface area contributed by atoms with Crippen LogP contribution in [-0.4, -0.2) is 7.05 Å². The molecule has 1 atom stereocenters. The summed E-state index contributed by atoms with van der Waals surface area (Å²) >= 11 is 3.50. The Hall–Kier alpha value is -1.19. The highest BCUT2D eigenvalue weighted by Gasteiger charge is 2.25. The van der Waals surface area contributed by atoms with E-state index in [4.69, 9.17) is 0 Å². The van der Waals surface area contributed by atoms with E-state index < -0.39 is 0 Å². The molecule has 0 radical (unpaired) electrons. The summed E-state index contributed by atoms with van der Waals surface area (Å²) in [4.78, 5) is 0. The number of rotatable bonds is 4. The molecular formula is C18H19BrFN. The summed E-state index contributed by atoms with van der Waals surface area (Å²) in [5.41, 5.74) is 3.81. The smallest absolute Gasteiger partial charge is 0.124 e. The summed E-state index contributed by atoms with van der Waals surface area (Å²) in [6, 6.07) is 13.6. The number of halogens is 2. The van der Waals surface area contributed by atoms with E-state index in [1.165, 1.54) is 42.5 Å². The van der Waals surface area contributed by atoms with Crippen LogP contribution in [0.4, 0.5) is 4.39 Å². The van der Waals surface area contributed by atoms with Gasteiger partial charge in [-0.3, -0.25) is 0 Å². The lowest BCUT2D eigenvalue weighted by Gasteiger charge is -2.31. The number of nitrogens with one attached hydrogen (secondary N) is 1. The highest BCUT2D eigenvalue weighted by Crippen LogP contribution is 2.41. The summed E-state index contributed by atoms with van der Waals surface area (Å²) in [5, 5.41) is 3.39. The molecule has 0 amide bonds. The molecule has 3 heteroatoms. The van der Waals surface area contributed by atoms with Crippen LogP contribution in [0.5, 0.6) is 0 Å². The third-order valence-electron chi connectivity index (χ3n) is 4.41. The molecule has 0 saturated heterocycles. The van der Waals surface area contributed by atoms with Crippen molar-refractivity contribution in [2.75, 3.05) is 7.05 Å². The summed E-state index contributed by atoms with van der Waals surface area (Å²) < 4.78 is 14.1. The first-order chi connectivity index (χ1) is 10.2. The fourth-order valence-electron chi connectivity index (χ4n) is 3.08. The van der Waals surface area contributed by atoms with Crippen LogP contribution in [0.2, 0.25) is 0 Å². The molecule has 2 aromatic rings. The van der Waals surface area contributed by atoms with Crippen LogP contribution in [0.25, 0.3) is 0 Å². The van der Waals surface area contributed by atoms with E-state index in [2.05, 4.69) is 45.5 Å². The van der Waals surface area contributed by atoms with Crippen LogP contribution >= 0.6 is 15.9 Å². The predicted molar refractivity (Wildman–Crippen MR) is 88.0 cm³/mol. The van der Waals surface area contributed by atoms with E-state index in [-0.39, 0.29) is 11.9 Å². The third-order valence-corrected chi connectivity index (χ3v) is 5.10. The summed E-state index contributed by atoms with van der Waals surface area (Å²) in [6.45, 7) is 0. The Morgan fingerprint density at radius 1 is 1.14 bits per heavy atom. The van der Waals surface area contributed by atoms with Gasteiger partial charge in [-0.25, -0.2) is 4.39 Å². The van der Waals surface area contributed by atoms with Crippen molar-refractivity contribution in [2.45, 2.75) is 31.2 Å². The van der Waals surface area contributed by atoms with Gasteiger partial charge in [-0.2, -0.15) is 0 Å². The van der Waals surface area contributed by atoms with Crippen molar-refractivity contribution in [2.24, 2.45) is 0 Å². The Labute approximate surface area is 133 Å². The Kier molecular flexibility index (Phi) is 4.41. The first-order valence-corrected chi connectivity index (χ1v) is 8.21. The molecule has 110 valence electrons. The molecule has 1 fully saturated rings. The van der Waals surface area contributed by atoms with Crippen LogP contribution in [0, 0.1) is 5.82 Å². The number of hydrogen-bond acceptors (Lipinski definition) is 1. The van der Waals surface area contributed by atoms with Crippen LogP contribution in [0.15, 0.2) is 46.9 Å². The van der Waals surface area contributed by atoms with E-state index >= 15 is 0 Å². The van der Waals surface area contributed by atoms with Crippen LogP contribution in [-0.2, 0) is 0 Å². The van der Waals surface area contributed by atoms with E-state index in [0.717, 1.165) is 10.0 Å². The molecule has 1 aliphatic rings. The van der Waals surface area contributed by atoms with Crippen LogP contribution in [0.1, 0.15) is 47.9 Å². The molecule has 1 saturated carbocycles. The van der Waals surface area contributed by atoms with Gasteiger partial charge in [0.05, 0.1) is 6.04 Å². The van der Waals surface area contributed by atoms with Crippen molar-refractivity contribution in [1.82, 2.24) is 5.32 Å². The van der Waals surface area contributed by atoms with Crippen LogP contribution in [0.3, 0.4) is 0 Å². The molecule has 0 heterocycles. The molecule has 1 nitrogen and oxygen atoms in total. The van der Waals surface area contributed by atoms with Gasteiger partial charge in [-0.05, 0) is 54.6 Å². The highest BCUT2D eigenvalue weighted by atomic mass is 79.9.